The highest BCUT2D eigenvalue weighted by atomic mass is 127. The van der Waals surface area contributed by atoms with Crippen molar-refractivity contribution in [1.82, 2.24) is 10.6 Å². The molecule has 0 atom stereocenters. The molecule has 6 heteroatoms. The number of nitrogens with two attached hydrogens (primary N) is 1. The van der Waals surface area contributed by atoms with Gasteiger partial charge in [0.15, 0.2) is 5.96 Å². The highest BCUT2D eigenvalue weighted by Crippen LogP contribution is 2.28. The fourth-order valence-corrected chi connectivity index (χ4v) is 1.33. The van der Waals surface area contributed by atoms with Crippen LogP contribution in [0.15, 0.2) is 4.99 Å². The first-order chi connectivity index (χ1) is 7.25. The van der Waals surface area contributed by atoms with Gasteiger partial charge in [-0.2, -0.15) is 0 Å². The number of hydrogen-bond donors (Lipinski definition) is 3. The van der Waals surface area contributed by atoms with E-state index in [9.17, 15) is 4.79 Å². The van der Waals surface area contributed by atoms with Gasteiger partial charge in [0.2, 0.25) is 5.91 Å². The van der Waals surface area contributed by atoms with E-state index in [1.54, 1.807) is 0 Å². The molecule has 0 spiro atoms. The molecule has 2 aliphatic rings. The van der Waals surface area contributed by atoms with E-state index in [4.69, 9.17) is 5.73 Å². The Kier molecular flexibility index (Phi) is 5.30. The van der Waals surface area contributed by atoms with Crippen LogP contribution in [-0.4, -0.2) is 31.0 Å². The summed E-state index contributed by atoms with van der Waals surface area (Å²) in [6, 6.07) is 0.537. The van der Waals surface area contributed by atoms with Gasteiger partial charge in [-0.25, -0.2) is 0 Å². The van der Waals surface area contributed by atoms with Gasteiger partial charge in [0.25, 0.3) is 0 Å². The Balaban J connectivity index is 0.00000128. The molecule has 0 saturated heterocycles. The zero-order valence-electron chi connectivity index (χ0n) is 9.24. The van der Waals surface area contributed by atoms with E-state index in [-0.39, 0.29) is 35.8 Å². The maximum Gasteiger partial charge on any atom is 0.223 e. The molecule has 0 bridgehead atoms. The first-order valence-corrected chi connectivity index (χ1v) is 5.60. The lowest BCUT2D eigenvalue weighted by atomic mass is 10.4. The van der Waals surface area contributed by atoms with Gasteiger partial charge in [-0.05, 0) is 25.7 Å². The summed E-state index contributed by atoms with van der Waals surface area (Å²) in [7, 11) is 0. The second-order valence-corrected chi connectivity index (χ2v) is 4.25. The van der Waals surface area contributed by atoms with Crippen LogP contribution < -0.4 is 16.4 Å². The van der Waals surface area contributed by atoms with Crippen molar-refractivity contribution >= 4 is 35.8 Å². The molecular weight excluding hydrogens is 319 g/mol. The molecule has 0 aromatic carbocycles. The lowest BCUT2D eigenvalue weighted by Crippen LogP contribution is -2.34. The van der Waals surface area contributed by atoms with Crippen LogP contribution in [0.25, 0.3) is 0 Å². The van der Waals surface area contributed by atoms with E-state index in [2.05, 4.69) is 15.6 Å². The zero-order chi connectivity index (χ0) is 10.7. The van der Waals surface area contributed by atoms with Gasteiger partial charge in [-0.3, -0.25) is 9.79 Å². The van der Waals surface area contributed by atoms with Crippen LogP contribution in [0.5, 0.6) is 0 Å². The summed E-state index contributed by atoms with van der Waals surface area (Å²) in [4.78, 5) is 15.4. The van der Waals surface area contributed by atoms with E-state index in [0.29, 0.717) is 25.1 Å². The summed E-state index contributed by atoms with van der Waals surface area (Å²) < 4.78 is 0. The summed E-state index contributed by atoms with van der Waals surface area (Å²) >= 11 is 0. The first-order valence-electron chi connectivity index (χ1n) is 5.60. The van der Waals surface area contributed by atoms with Gasteiger partial charge in [-0.15, -0.1) is 24.0 Å². The molecule has 0 aromatic heterocycles. The number of carbonyl (C=O) groups excluding carboxylic acids is 1. The highest BCUT2D eigenvalue weighted by molar-refractivity contribution is 14.0. The predicted octanol–water partition coefficient (Wildman–Crippen LogP) is 0.197. The minimum atomic E-state index is 0. The number of aliphatic imine (C=N–C) groups is 1. The number of nitrogens with zero attached hydrogens (tertiary/aromatic N) is 1. The molecule has 2 saturated carbocycles. The molecule has 2 aliphatic carbocycles. The number of hydrogen-bond acceptors (Lipinski definition) is 2. The second kappa shape index (κ2) is 6.27. The van der Waals surface area contributed by atoms with Crippen LogP contribution in [0, 0.1) is 5.92 Å². The van der Waals surface area contributed by atoms with Crippen LogP contribution in [0.3, 0.4) is 0 Å². The number of amides is 1. The Morgan fingerprint density at radius 2 is 2.00 bits per heavy atom. The van der Waals surface area contributed by atoms with E-state index in [1.165, 1.54) is 12.8 Å². The van der Waals surface area contributed by atoms with Crippen molar-refractivity contribution in [3.8, 4) is 0 Å². The largest absolute Gasteiger partial charge is 0.370 e. The van der Waals surface area contributed by atoms with Crippen LogP contribution >= 0.6 is 24.0 Å². The minimum absolute atomic E-state index is 0. The summed E-state index contributed by atoms with van der Waals surface area (Å²) in [5, 5.41) is 5.93. The maximum absolute atomic E-state index is 11.2. The van der Waals surface area contributed by atoms with Crippen molar-refractivity contribution in [2.75, 3.05) is 13.1 Å². The second-order valence-electron chi connectivity index (χ2n) is 4.25. The molecule has 5 nitrogen and oxygen atoms in total. The third kappa shape index (κ3) is 5.00. The number of guanidine groups is 1. The lowest BCUT2D eigenvalue weighted by Gasteiger charge is -2.04. The molecule has 4 N–H and O–H groups in total. The van der Waals surface area contributed by atoms with E-state index >= 15 is 0 Å². The molecule has 2 rings (SSSR count). The summed E-state index contributed by atoms with van der Waals surface area (Å²) in [5.41, 5.74) is 5.63. The van der Waals surface area contributed by atoms with Crippen LogP contribution in [0.1, 0.15) is 25.7 Å². The van der Waals surface area contributed by atoms with Gasteiger partial charge < -0.3 is 16.4 Å². The van der Waals surface area contributed by atoms with E-state index in [0.717, 1.165) is 12.8 Å². The van der Waals surface area contributed by atoms with Crippen molar-refractivity contribution in [3.63, 3.8) is 0 Å². The Morgan fingerprint density at radius 1 is 1.31 bits per heavy atom. The molecule has 0 aliphatic heterocycles. The molecule has 0 unspecified atom stereocenters. The molecule has 16 heavy (non-hydrogen) atoms. The Morgan fingerprint density at radius 3 is 2.56 bits per heavy atom. The maximum atomic E-state index is 11.2. The van der Waals surface area contributed by atoms with Crippen molar-refractivity contribution in [2.24, 2.45) is 16.6 Å². The Hall–Kier alpha value is -0.530. The SMILES string of the molecule is I.NC(=NCCNC(=O)C1CC1)NC1CC1. The van der Waals surface area contributed by atoms with Crippen molar-refractivity contribution in [1.29, 1.82) is 0 Å². The highest BCUT2D eigenvalue weighted by Gasteiger charge is 2.28. The van der Waals surface area contributed by atoms with Gasteiger partial charge in [0, 0.05) is 18.5 Å². The third-order valence-corrected chi connectivity index (χ3v) is 2.57. The average Bonchev–Trinajstić information content (AvgIpc) is 3.00. The number of halogens is 1. The lowest BCUT2D eigenvalue weighted by molar-refractivity contribution is -0.122. The van der Waals surface area contributed by atoms with Gasteiger partial charge in [0.1, 0.15) is 0 Å². The standard InChI is InChI=1S/C10H18N4O.HI/c11-10(14-8-3-4-8)13-6-5-12-9(15)7-1-2-7;/h7-8H,1-6H2,(H,12,15)(H3,11,13,14);1H. The van der Waals surface area contributed by atoms with Crippen molar-refractivity contribution in [3.05, 3.63) is 0 Å². The van der Waals surface area contributed by atoms with E-state index < -0.39 is 0 Å². The van der Waals surface area contributed by atoms with Crippen LogP contribution in [0.4, 0.5) is 0 Å². The van der Waals surface area contributed by atoms with Crippen LogP contribution in [-0.2, 0) is 4.79 Å². The normalized spacial score (nSPS) is 19.9. The molecular formula is C10H19IN4O. The monoisotopic (exact) mass is 338 g/mol. The minimum Gasteiger partial charge on any atom is -0.370 e. The molecule has 0 radical (unpaired) electrons. The molecule has 0 heterocycles. The summed E-state index contributed by atoms with van der Waals surface area (Å²) in [5.74, 6) is 0.938. The smallest absolute Gasteiger partial charge is 0.223 e. The number of nitrogens with one attached hydrogen (secondary N) is 2. The van der Waals surface area contributed by atoms with Gasteiger partial charge in [-0.1, -0.05) is 0 Å². The Labute approximate surface area is 113 Å². The summed E-state index contributed by atoms with van der Waals surface area (Å²) in [6.07, 6.45) is 4.46. The quantitative estimate of drug-likeness (QED) is 0.290. The molecule has 1 amide bonds. The van der Waals surface area contributed by atoms with Gasteiger partial charge in [0.05, 0.1) is 6.54 Å². The van der Waals surface area contributed by atoms with Crippen molar-refractivity contribution in [2.45, 2.75) is 31.7 Å². The number of carbonyl (C=O) groups is 1. The fourth-order valence-electron chi connectivity index (χ4n) is 1.33. The molecule has 2 fully saturated rings. The van der Waals surface area contributed by atoms with E-state index in [1.807, 2.05) is 0 Å². The molecule has 0 aromatic rings. The van der Waals surface area contributed by atoms with Crippen molar-refractivity contribution < 1.29 is 4.79 Å². The first kappa shape index (κ1) is 13.5. The van der Waals surface area contributed by atoms with Gasteiger partial charge >= 0.3 is 0 Å². The number of rotatable bonds is 5. The average molecular weight is 338 g/mol. The Bertz CT molecular complexity index is 274. The molecule has 92 valence electrons. The third-order valence-electron chi connectivity index (χ3n) is 2.57. The summed E-state index contributed by atoms with van der Waals surface area (Å²) in [6.45, 7) is 1.15. The van der Waals surface area contributed by atoms with Crippen LogP contribution in [0.2, 0.25) is 0 Å². The topological polar surface area (TPSA) is 79.5 Å². The fraction of sp³-hybridized carbons (Fsp3) is 0.800. The predicted molar refractivity (Wildman–Crippen MR) is 73.8 cm³/mol. The zero-order valence-corrected chi connectivity index (χ0v) is 11.6.